The Balaban J connectivity index is 1.91. The SMILES string of the molecule is C=CCC(CO[Si](c1ccccc1)(c1ccccc1)C(C)(C)C)CSc1ncccn1. The molecular weight excluding hydrogens is 416 g/mol. The molecule has 0 fully saturated rings. The molecule has 1 unspecified atom stereocenters. The van der Waals surface area contributed by atoms with Gasteiger partial charge in [-0.05, 0) is 33.8 Å². The van der Waals surface area contributed by atoms with Gasteiger partial charge in [-0.2, -0.15) is 0 Å². The van der Waals surface area contributed by atoms with Crippen molar-refractivity contribution in [1.29, 1.82) is 0 Å². The molecule has 2 aromatic carbocycles. The van der Waals surface area contributed by atoms with Gasteiger partial charge in [0, 0.05) is 24.8 Å². The Morgan fingerprint density at radius 1 is 0.935 bits per heavy atom. The van der Waals surface area contributed by atoms with E-state index in [0.29, 0.717) is 12.5 Å². The van der Waals surface area contributed by atoms with Crippen LogP contribution in [0.15, 0.2) is 96.9 Å². The zero-order valence-electron chi connectivity index (χ0n) is 18.7. The molecule has 0 saturated heterocycles. The van der Waals surface area contributed by atoms with Crippen LogP contribution in [-0.4, -0.2) is 30.6 Å². The van der Waals surface area contributed by atoms with E-state index < -0.39 is 8.32 Å². The second kappa shape index (κ2) is 10.9. The first-order chi connectivity index (χ1) is 15.0. The second-order valence-corrected chi connectivity index (χ2v) is 14.0. The van der Waals surface area contributed by atoms with Crippen LogP contribution in [0.4, 0.5) is 0 Å². The highest BCUT2D eigenvalue weighted by molar-refractivity contribution is 7.99. The van der Waals surface area contributed by atoms with E-state index in [1.165, 1.54) is 10.4 Å². The van der Waals surface area contributed by atoms with Crippen LogP contribution in [0, 0.1) is 5.92 Å². The molecular formula is C26H32N2OSSi. The number of hydrogen-bond acceptors (Lipinski definition) is 4. The van der Waals surface area contributed by atoms with Crippen molar-refractivity contribution in [1.82, 2.24) is 9.97 Å². The lowest BCUT2D eigenvalue weighted by Crippen LogP contribution is -2.67. The van der Waals surface area contributed by atoms with Crippen LogP contribution in [0.25, 0.3) is 0 Å². The zero-order chi connectivity index (χ0) is 22.2. The molecule has 0 radical (unpaired) electrons. The van der Waals surface area contributed by atoms with Crippen molar-refractivity contribution in [3.63, 3.8) is 0 Å². The van der Waals surface area contributed by atoms with Crippen molar-refractivity contribution in [3.8, 4) is 0 Å². The zero-order valence-corrected chi connectivity index (χ0v) is 20.5. The molecule has 0 aliphatic heterocycles. The van der Waals surface area contributed by atoms with Crippen LogP contribution in [-0.2, 0) is 4.43 Å². The topological polar surface area (TPSA) is 35.0 Å². The first-order valence-corrected chi connectivity index (χ1v) is 13.6. The van der Waals surface area contributed by atoms with Crippen LogP contribution >= 0.6 is 11.8 Å². The van der Waals surface area contributed by atoms with Crippen molar-refractivity contribution < 1.29 is 4.43 Å². The third-order valence-corrected chi connectivity index (χ3v) is 11.6. The highest BCUT2D eigenvalue weighted by Crippen LogP contribution is 2.37. The van der Waals surface area contributed by atoms with Crippen LogP contribution in [0.3, 0.4) is 0 Å². The van der Waals surface area contributed by atoms with Gasteiger partial charge in [0.1, 0.15) is 0 Å². The second-order valence-electron chi connectivity index (χ2n) is 8.71. The third-order valence-electron chi connectivity index (χ3n) is 5.44. The quantitative estimate of drug-likeness (QED) is 0.182. The molecule has 5 heteroatoms. The first kappa shape index (κ1) is 23.5. The lowest BCUT2D eigenvalue weighted by Gasteiger charge is -2.43. The van der Waals surface area contributed by atoms with Gasteiger partial charge in [-0.1, -0.05) is 99.3 Å². The smallest absolute Gasteiger partial charge is 0.261 e. The van der Waals surface area contributed by atoms with Gasteiger partial charge >= 0.3 is 0 Å². The van der Waals surface area contributed by atoms with Gasteiger partial charge in [-0.3, -0.25) is 0 Å². The maximum Gasteiger partial charge on any atom is 0.261 e. The molecule has 3 aromatic rings. The molecule has 0 spiro atoms. The molecule has 0 saturated carbocycles. The minimum absolute atomic E-state index is 0.0237. The minimum Gasteiger partial charge on any atom is -0.407 e. The predicted molar refractivity (Wildman–Crippen MR) is 135 cm³/mol. The fourth-order valence-corrected chi connectivity index (χ4v) is 9.51. The Hall–Kier alpha value is -2.21. The Kier molecular flexibility index (Phi) is 8.24. The predicted octanol–water partition coefficient (Wildman–Crippen LogP) is 5.34. The fraction of sp³-hybridized carbons (Fsp3) is 0.308. The monoisotopic (exact) mass is 448 g/mol. The highest BCUT2D eigenvalue weighted by atomic mass is 32.2. The van der Waals surface area contributed by atoms with Crippen LogP contribution < -0.4 is 10.4 Å². The first-order valence-electron chi connectivity index (χ1n) is 10.7. The summed E-state index contributed by atoms with van der Waals surface area (Å²) in [5.74, 6) is 1.24. The summed E-state index contributed by atoms with van der Waals surface area (Å²) in [6, 6.07) is 23.4. The molecule has 0 bridgehead atoms. The van der Waals surface area contributed by atoms with Gasteiger partial charge in [-0.15, -0.1) is 6.58 Å². The van der Waals surface area contributed by atoms with Crippen molar-refractivity contribution in [2.75, 3.05) is 12.4 Å². The lowest BCUT2D eigenvalue weighted by molar-refractivity contribution is 0.248. The summed E-state index contributed by atoms with van der Waals surface area (Å²) in [4.78, 5) is 8.70. The van der Waals surface area contributed by atoms with Crippen LogP contribution in [0.2, 0.25) is 5.04 Å². The van der Waals surface area contributed by atoms with Gasteiger partial charge in [0.15, 0.2) is 5.16 Å². The average Bonchev–Trinajstić information content (AvgIpc) is 2.79. The summed E-state index contributed by atoms with van der Waals surface area (Å²) >= 11 is 1.68. The number of rotatable bonds is 10. The Morgan fingerprint density at radius 2 is 1.48 bits per heavy atom. The molecule has 0 aliphatic rings. The summed E-state index contributed by atoms with van der Waals surface area (Å²) in [5.41, 5.74) is 0. The molecule has 3 rings (SSSR count). The van der Waals surface area contributed by atoms with E-state index in [0.717, 1.165) is 17.3 Å². The highest BCUT2D eigenvalue weighted by Gasteiger charge is 2.50. The number of nitrogens with zero attached hydrogens (tertiary/aromatic N) is 2. The molecule has 1 aromatic heterocycles. The van der Waals surface area contributed by atoms with E-state index in [-0.39, 0.29) is 5.04 Å². The van der Waals surface area contributed by atoms with E-state index in [1.54, 1.807) is 24.2 Å². The van der Waals surface area contributed by atoms with Gasteiger partial charge < -0.3 is 4.43 Å². The molecule has 162 valence electrons. The largest absolute Gasteiger partial charge is 0.407 e. The summed E-state index contributed by atoms with van der Waals surface area (Å²) < 4.78 is 7.11. The van der Waals surface area contributed by atoms with Crippen molar-refractivity contribution in [3.05, 3.63) is 91.8 Å². The average molecular weight is 449 g/mol. The van der Waals surface area contributed by atoms with E-state index in [4.69, 9.17) is 4.43 Å². The molecule has 0 N–H and O–H groups in total. The summed E-state index contributed by atoms with van der Waals surface area (Å²) in [7, 11) is -2.52. The maximum absolute atomic E-state index is 7.11. The molecule has 0 amide bonds. The standard InChI is InChI=1S/C26H32N2OSSi/c1-5-13-22(21-30-25-27-18-12-19-28-25)20-29-31(26(2,3)4,23-14-8-6-9-15-23)24-16-10-7-11-17-24/h5-12,14-19,22H,1,13,20-21H2,2-4H3. The molecule has 1 atom stereocenters. The maximum atomic E-state index is 7.11. The van der Waals surface area contributed by atoms with Crippen LogP contribution in [0.5, 0.6) is 0 Å². The summed E-state index contributed by atoms with van der Waals surface area (Å²) in [6.45, 7) is 11.6. The summed E-state index contributed by atoms with van der Waals surface area (Å²) in [6.07, 6.45) is 6.47. The Morgan fingerprint density at radius 3 is 1.97 bits per heavy atom. The molecule has 1 heterocycles. The molecule has 3 nitrogen and oxygen atoms in total. The number of hydrogen-bond donors (Lipinski definition) is 0. The van der Waals surface area contributed by atoms with Gasteiger partial charge in [0.25, 0.3) is 8.32 Å². The van der Waals surface area contributed by atoms with E-state index in [2.05, 4.69) is 98.0 Å². The minimum atomic E-state index is -2.52. The van der Waals surface area contributed by atoms with Gasteiger partial charge in [0.05, 0.1) is 0 Å². The van der Waals surface area contributed by atoms with Crippen molar-refractivity contribution >= 4 is 30.5 Å². The van der Waals surface area contributed by atoms with Crippen molar-refractivity contribution in [2.24, 2.45) is 5.92 Å². The number of aromatic nitrogens is 2. The normalized spacial score (nSPS) is 13.0. The fourth-order valence-electron chi connectivity index (χ4n) is 3.98. The lowest BCUT2D eigenvalue weighted by atomic mass is 10.1. The van der Waals surface area contributed by atoms with E-state index in [9.17, 15) is 0 Å². The van der Waals surface area contributed by atoms with Gasteiger partial charge in [-0.25, -0.2) is 9.97 Å². The Bertz CT molecular complexity index is 890. The molecule has 0 aliphatic carbocycles. The number of thioether (sulfide) groups is 1. The van der Waals surface area contributed by atoms with Crippen molar-refractivity contribution in [2.45, 2.75) is 37.4 Å². The number of benzene rings is 2. The third kappa shape index (κ3) is 5.73. The van der Waals surface area contributed by atoms with E-state index >= 15 is 0 Å². The molecule has 31 heavy (non-hydrogen) atoms. The Labute approximate surface area is 192 Å². The number of allylic oxidation sites excluding steroid dienone is 1. The van der Waals surface area contributed by atoms with Crippen LogP contribution in [0.1, 0.15) is 27.2 Å². The summed E-state index contributed by atoms with van der Waals surface area (Å²) in [5, 5.41) is 3.40. The van der Waals surface area contributed by atoms with Gasteiger partial charge in [0.2, 0.25) is 0 Å². The van der Waals surface area contributed by atoms with E-state index in [1.807, 2.05) is 12.1 Å².